The zero-order valence-corrected chi connectivity index (χ0v) is 13.1. The molecule has 2 N–H and O–H groups in total. The van der Waals surface area contributed by atoms with Gasteiger partial charge in [-0.1, -0.05) is 18.2 Å². The second-order valence-electron chi connectivity index (χ2n) is 5.02. The topological polar surface area (TPSA) is 50.4 Å². The number of nitrogens with one attached hydrogen (secondary N) is 2. The maximum absolute atomic E-state index is 13.4. The summed E-state index contributed by atoms with van der Waals surface area (Å²) in [4.78, 5) is 11.8. The average molecular weight is 316 g/mol. The van der Waals surface area contributed by atoms with Gasteiger partial charge in [0.25, 0.3) is 0 Å². The van der Waals surface area contributed by atoms with Crippen LogP contribution in [0.15, 0.2) is 48.5 Å². The van der Waals surface area contributed by atoms with Gasteiger partial charge in [-0.05, 0) is 55.8 Å². The van der Waals surface area contributed by atoms with Gasteiger partial charge in [0.05, 0.1) is 13.2 Å². The molecule has 122 valence electrons. The lowest BCUT2D eigenvalue weighted by Gasteiger charge is -2.08. The molecular formula is C18H21FN2O2. The van der Waals surface area contributed by atoms with E-state index >= 15 is 0 Å². The highest BCUT2D eigenvalue weighted by Gasteiger charge is 2.04. The van der Waals surface area contributed by atoms with Crippen molar-refractivity contribution in [3.8, 4) is 5.75 Å². The van der Waals surface area contributed by atoms with E-state index in [1.807, 2.05) is 19.1 Å². The van der Waals surface area contributed by atoms with Crippen molar-refractivity contribution in [2.24, 2.45) is 0 Å². The monoisotopic (exact) mass is 316 g/mol. The molecule has 0 aliphatic rings. The molecule has 0 bridgehead atoms. The fourth-order valence-corrected chi connectivity index (χ4v) is 2.13. The van der Waals surface area contributed by atoms with E-state index in [9.17, 15) is 9.18 Å². The van der Waals surface area contributed by atoms with Crippen molar-refractivity contribution in [3.05, 3.63) is 59.9 Å². The summed E-state index contributed by atoms with van der Waals surface area (Å²) in [7, 11) is 0. The first-order chi connectivity index (χ1) is 11.2. The van der Waals surface area contributed by atoms with E-state index in [0.717, 1.165) is 5.75 Å². The second kappa shape index (κ2) is 8.90. The molecule has 2 aromatic carbocycles. The zero-order valence-electron chi connectivity index (χ0n) is 13.1. The van der Waals surface area contributed by atoms with E-state index in [0.29, 0.717) is 30.8 Å². The zero-order chi connectivity index (χ0) is 16.5. The Balaban J connectivity index is 1.70. The van der Waals surface area contributed by atoms with E-state index < -0.39 is 0 Å². The Bertz CT molecular complexity index is 629. The van der Waals surface area contributed by atoms with Gasteiger partial charge in [0.15, 0.2) is 0 Å². The number of ether oxygens (including phenoxy) is 1. The lowest BCUT2D eigenvalue weighted by molar-refractivity contribution is -0.115. The van der Waals surface area contributed by atoms with E-state index in [-0.39, 0.29) is 18.3 Å². The number of amides is 1. The van der Waals surface area contributed by atoms with Gasteiger partial charge in [0.2, 0.25) is 5.91 Å². The number of carbonyl (C=O) groups excluding carboxylic acids is 1. The molecule has 0 fully saturated rings. The minimum absolute atomic E-state index is 0.136. The van der Waals surface area contributed by atoms with E-state index in [2.05, 4.69) is 10.6 Å². The van der Waals surface area contributed by atoms with Crippen LogP contribution in [0.25, 0.3) is 0 Å². The average Bonchev–Trinajstić information content (AvgIpc) is 2.55. The van der Waals surface area contributed by atoms with Crippen LogP contribution in [0.3, 0.4) is 0 Å². The smallest absolute Gasteiger partial charge is 0.238 e. The molecule has 0 saturated carbocycles. The van der Waals surface area contributed by atoms with Crippen LogP contribution in [-0.4, -0.2) is 25.6 Å². The SMILES string of the molecule is CCOc1ccc(NC(=O)CNCCc2ccccc2F)cc1. The molecule has 0 spiro atoms. The Morgan fingerprint density at radius 1 is 1.13 bits per heavy atom. The molecule has 5 heteroatoms. The van der Waals surface area contributed by atoms with Crippen LogP contribution in [0.5, 0.6) is 5.75 Å². The third-order valence-electron chi connectivity index (χ3n) is 3.26. The van der Waals surface area contributed by atoms with E-state index in [4.69, 9.17) is 4.74 Å². The molecule has 0 atom stereocenters. The third-order valence-corrected chi connectivity index (χ3v) is 3.26. The van der Waals surface area contributed by atoms with Gasteiger partial charge in [-0.15, -0.1) is 0 Å². The van der Waals surface area contributed by atoms with Crippen LogP contribution in [0.2, 0.25) is 0 Å². The number of halogens is 1. The van der Waals surface area contributed by atoms with Crippen LogP contribution in [0.1, 0.15) is 12.5 Å². The predicted octanol–water partition coefficient (Wildman–Crippen LogP) is 3.00. The fourth-order valence-electron chi connectivity index (χ4n) is 2.13. The van der Waals surface area contributed by atoms with Gasteiger partial charge in [-0.25, -0.2) is 4.39 Å². The van der Waals surface area contributed by atoms with Crippen molar-refractivity contribution >= 4 is 11.6 Å². The minimum Gasteiger partial charge on any atom is -0.494 e. The number of hydrogen-bond acceptors (Lipinski definition) is 3. The molecule has 0 heterocycles. The lowest BCUT2D eigenvalue weighted by atomic mass is 10.1. The summed E-state index contributed by atoms with van der Waals surface area (Å²) >= 11 is 0. The Morgan fingerprint density at radius 2 is 1.87 bits per heavy atom. The van der Waals surface area contributed by atoms with Crippen molar-refractivity contribution in [2.75, 3.05) is 25.0 Å². The summed E-state index contributed by atoms with van der Waals surface area (Å²) in [5.74, 6) is 0.421. The van der Waals surface area contributed by atoms with Crippen LogP contribution in [0.4, 0.5) is 10.1 Å². The van der Waals surface area contributed by atoms with Crippen LogP contribution >= 0.6 is 0 Å². The highest BCUT2D eigenvalue weighted by Crippen LogP contribution is 2.15. The molecule has 23 heavy (non-hydrogen) atoms. The molecule has 0 aromatic heterocycles. The standard InChI is InChI=1S/C18H21FN2O2/c1-2-23-16-9-7-15(8-10-16)21-18(22)13-20-12-11-14-5-3-4-6-17(14)19/h3-10,20H,2,11-13H2,1H3,(H,21,22). The molecule has 2 aromatic rings. The summed E-state index contributed by atoms with van der Waals surface area (Å²) in [5, 5.41) is 5.80. The molecule has 0 aliphatic carbocycles. The Kier molecular flexibility index (Phi) is 6.56. The van der Waals surface area contributed by atoms with Crippen molar-refractivity contribution in [2.45, 2.75) is 13.3 Å². The molecule has 2 rings (SSSR count). The van der Waals surface area contributed by atoms with E-state index in [1.165, 1.54) is 6.07 Å². The molecule has 0 saturated heterocycles. The highest BCUT2D eigenvalue weighted by atomic mass is 19.1. The van der Waals surface area contributed by atoms with Gasteiger partial charge >= 0.3 is 0 Å². The third kappa shape index (κ3) is 5.71. The summed E-state index contributed by atoms with van der Waals surface area (Å²) in [6.45, 7) is 3.25. The molecule has 0 unspecified atom stereocenters. The second-order valence-corrected chi connectivity index (χ2v) is 5.02. The first-order valence-electron chi connectivity index (χ1n) is 7.66. The molecule has 0 aliphatic heterocycles. The normalized spacial score (nSPS) is 10.3. The van der Waals surface area contributed by atoms with Gasteiger partial charge in [-0.3, -0.25) is 4.79 Å². The first kappa shape index (κ1) is 17.0. The van der Waals surface area contributed by atoms with Crippen LogP contribution in [0, 0.1) is 5.82 Å². The summed E-state index contributed by atoms with van der Waals surface area (Å²) < 4.78 is 18.8. The highest BCUT2D eigenvalue weighted by molar-refractivity contribution is 5.92. The number of benzene rings is 2. The van der Waals surface area contributed by atoms with Gasteiger partial charge in [0.1, 0.15) is 11.6 Å². The predicted molar refractivity (Wildman–Crippen MR) is 89.2 cm³/mol. The summed E-state index contributed by atoms with van der Waals surface area (Å²) in [5.41, 5.74) is 1.36. The molecule has 4 nitrogen and oxygen atoms in total. The van der Waals surface area contributed by atoms with Gasteiger partial charge in [-0.2, -0.15) is 0 Å². The molecule has 1 amide bonds. The van der Waals surface area contributed by atoms with Gasteiger partial charge < -0.3 is 15.4 Å². The maximum atomic E-state index is 13.4. The Hall–Kier alpha value is -2.40. The Labute approximate surface area is 135 Å². The maximum Gasteiger partial charge on any atom is 0.238 e. The van der Waals surface area contributed by atoms with Gasteiger partial charge in [0, 0.05) is 5.69 Å². The minimum atomic E-state index is -0.215. The summed E-state index contributed by atoms with van der Waals surface area (Å²) in [6.07, 6.45) is 0.545. The number of hydrogen-bond donors (Lipinski definition) is 2. The van der Waals surface area contributed by atoms with Crippen molar-refractivity contribution in [1.82, 2.24) is 5.32 Å². The molecular weight excluding hydrogens is 295 g/mol. The number of anilines is 1. The fraction of sp³-hybridized carbons (Fsp3) is 0.278. The quantitative estimate of drug-likeness (QED) is 0.736. The van der Waals surface area contributed by atoms with Crippen molar-refractivity contribution in [3.63, 3.8) is 0 Å². The summed E-state index contributed by atoms with van der Waals surface area (Å²) in [6, 6.07) is 13.9. The van der Waals surface area contributed by atoms with Crippen LogP contribution in [-0.2, 0) is 11.2 Å². The number of rotatable bonds is 8. The number of carbonyl (C=O) groups is 1. The lowest BCUT2D eigenvalue weighted by Crippen LogP contribution is -2.29. The first-order valence-corrected chi connectivity index (χ1v) is 7.66. The largest absolute Gasteiger partial charge is 0.494 e. The van der Waals surface area contributed by atoms with E-state index in [1.54, 1.807) is 30.3 Å². The van der Waals surface area contributed by atoms with Crippen LogP contribution < -0.4 is 15.4 Å². The molecule has 0 radical (unpaired) electrons. The van der Waals surface area contributed by atoms with Crippen molar-refractivity contribution in [1.29, 1.82) is 0 Å². The Morgan fingerprint density at radius 3 is 2.57 bits per heavy atom. The van der Waals surface area contributed by atoms with Crippen molar-refractivity contribution < 1.29 is 13.9 Å².